The second-order valence-electron chi connectivity index (χ2n) is 3.63. The van der Waals surface area contributed by atoms with E-state index in [1.165, 1.54) is 0 Å². The van der Waals surface area contributed by atoms with Crippen LogP contribution in [0.15, 0.2) is 11.8 Å². The van der Waals surface area contributed by atoms with Gasteiger partial charge in [0.1, 0.15) is 0 Å². The van der Waals surface area contributed by atoms with Gasteiger partial charge < -0.3 is 4.74 Å². The van der Waals surface area contributed by atoms with Crippen molar-refractivity contribution in [1.29, 1.82) is 0 Å². The predicted octanol–water partition coefficient (Wildman–Crippen LogP) is 5.12. The lowest BCUT2D eigenvalue weighted by Gasteiger charge is -2.33. The molecule has 1 atom stereocenters. The van der Waals surface area contributed by atoms with E-state index in [9.17, 15) is 57.1 Å². The van der Waals surface area contributed by atoms with Gasteiger partial charge in [-0.15, -0.1) is 0 Å². The molecule has 0 aliphatic heterocycles. The number of halogens is 13. The minimum Gasteiger partial charge on any atom is -0.401 e. The Hall–Kier alpha value is -1.41. The van der Waals surface area contributed by atoms with Crippen LogP contribution in [-0.4, -0.2) is 30.4 Å². The summed E-state index contributed by atoms with van der Waals surface area (Å²) < 4.78 is 163. The van der Waals surface area contributed by atoms with Gasteiger partial charge in [0.25, 0.3) is 0 Å². The molecule has 0 N–H and O–H groups in total. The van der Waals surface area contributed by atoms with Crippen LogP contribution in [0.1, 0.15) is 6.92 Å². The molecular weight excluding hydrogens is 375 g/mol. The molecule has 0 aromatic carbocycles. The van der Waals surface area contributed by atoms with Crippen molar-refractivity contribution in [2.75, 3.05) is 0 Å². The molecule has 15 heteroatoms. The van der Waals surface area contributed by atoms with E-state index >= 15 is 0 Å². The van der Waals surface area contributed by atoms with Crippen molar-refractivity contribution in [3.05, 3.63) is 11.8 Å². The molecule has 0 heterocycles. The Bertz CT molecular complexity index is 458. The summed E-state index contributed by atoms with van der Waals surface area (Å²) in [7, 11) is 0. The molecule has 0 spiro atoms. The number of allylic oxidation sites excluding steroid dienone is 1. The summed E-state index contributed by atoms with van der Waals surface area (Å²) in [6.45, 7) is -0.0193. The number of ether oxygens (including phenoxy) is 2. The molecule has 0 saturated carbocycles. The van der Waals surface area contributed by atoms with Crippen LogP contribution in [0.4, 0.5) is 57.1 Å². The average Bonchev–Trinajstić information content (AvgIpc) is 2.24. The van der Waals surface area contributed by atoms with Gasteiger partial charge in [-0.2, -0.15) is 52.7 Å². The van der Waals surface area contributed by atoms with E-state index in [2.05, 4.69) is 4.74 Å². The maximum atomic E-state index is 13.1. The summed E-state index contributed by atoms with van der Waals surface area (Å²) in [6, 6.07) is -9.74. The zero-order valence-corrected chi connectivity index (χ0v) is 10.2. The number of hydrogen-bond donors (Lipinski definition) is 0. The molecule has 0 aliphatic rings. The molecule has 0 aromatic heterocycles. The van der Waals surface area contributed by atoms with Gasteiger partial charge >= 0.3 is 36.4 Å². The van der Waals surface area contributed by atoms with Crippen molar-refractivity contribution in [3.8, 4) is 0 Å². The third-order valence-electron chi connectivity index (χ3n) is 1.81. The van der Waals surface area contributed by atoms with Crippen molar-refractivity contribution in [1.82, 2.24) is 0 Å². The van der Waals surface area contributed by atoms with Gasteiger partial charge in [0.05, 0.1) is 0 Å². The largest absolute Gasteiger partial charge is 0.491 e. The van der Waals surface area contributed by atoms with Gasteiger partial charge in [0.15, 0.2) is 5.83 Å². The van der Waals surface area contributed by atoms with Crippen LogP contribution >= 0.6 is 0 Å². The Labute approximate surface area is 117 Å². The van der Waals surface area contributed by atoms with E-state index in [0.29, 0.717) is 0 Å². The highest BCUT2D eigenvalue weighted by Gasteiger charge is 2.79. The summed E-state index contributed by atoms with van der Waals surface area (Å²) in [4.78, 5) is 0. The summed E-state index contributed by atoms with van der Waals surface area (Å²) >= 11 is 0. The lowest BCUT2D eigenvalue weighted by Crippen LogP contribution is -2.59. The lowest BCUT2D eigenvalue weighted by atomic mass is 10.3. The fourth-order valence-electron chi connectivity index (χ4n) is 0.716. The Kier molecular flexibility index (Phi) is 5.54. The van der Waals surface area contributed by atoms with Crippen LogP contribution in [0.25, 0.3) is 0 Å². The minimum absolute atomic E-state index is 0.0193. The van der Waals surface area contributed by atoms with Gasteiger partial charge in [-0.25, -0.2) is 9.13 Å². The van der Waals surface area contributed by atoms with Crippen LogP contribution in [0.5, 0.6) is 0 Å². The van der Waals surface area contributed by atoms with Crippen LogP contribution < -0.4 is 0 Å². The van der Waals surface area contributed by atoms with E-state index in [1.807, 2.05) is 0 Å². The van der Waals surface area contributed by atoms with Crippen molar-refractivity contribution in [2.45, 2.75) is 37.3 Å². The monoisotopic (exact) mass is 378 g/mol. The summed E-state index contributed by atoms with van der Waals surface area (Å²) in [5.74, 6) is -9.71. The zero-order valence-electron chi connectivity index (χ0n) is 10.2. The van der Waals surface area contributed by atoms with E-state index in [1.54, 1.807) is 4.74 Å². The third-order valence-corrected chi connectivity index (χ3v) is 1.81. The fourth-order valence-corrected chi connectivity index (χ4v) is 0.716. The molecule has 138 valence electrons. The quantitative estimate of drug-likeness (QED) is 0.376. The fraction of sp³-hybridized carbons (Fsp3) is 0.750. The molecule has 23 heavy (non-hydrogen) atoms. The van der Waals surface area contributed by atoms with Crippen molar-refractivity contribution in [2.24, 2.45) is 0 Å². The molecule has 1 unspecified atom stereocenters. The predicted molar refractivity (Wildman–Crippen MR) is 42.9 cm³/mol. The van der Waals surface area contributed by atoms with Crippen molar-refractivity contribution >= 4 is 0 Å². The van der Waals surface area contributed by atoms with E-state index in [0.717, 1.165) is 0 Å². The Morgan fingerprint density at radius 2 is 1.09 bits per heavy atom. The average molecular weight is 378 g/mol. The van der Waals surface area contributed by atoms with Crippen LogP contribution in [0, 0.1) is 0 Å². The first kappa shape index (κ1) is 21.6. The first-order valence-corrected chi connectivity index (χ1v) is 4.77. The second kappa shape index (κ2) is 5.90. The maximum absolute atomic E-state index is 13.1. The van der Waals surface area contributed by atoms with Gasteiger partial charge in [-0.05, 0) is 6.92 Å². The zero-order chi connectivity index (χ0) is 19.1. The molecule has 0 bridgehead atoms. The van der Waals surface area contributed by atoms with Crippen LogP contribution in [0.3, 0.4) is 0 Å². The van der Waals surface area contributed by atoms with Crippen LogP contribution in [0.2, 0.25) is 0 Å². The molecule has 0 fully saturated rings. The third kappa shape index (κ3) is 4.32. The number of rotatable bonds is 5. The van der Waals surface area contributed by atoms with E-state index < -0.39 is 42.3 Å². The van der Waals surface area contributed by atoms with Gasteiger partial charge in [0, 0.05) is 0 Å². The van der Waals surface area contributed by atoms with Crippen molar-refractivity contribution in [3.63, 3.8) is 0 Å². The van der Waals surface area contributed by atoms with Crippen LogP contribution in [-0.2, 0) is 9.47 Å². The molecule has 0 amide bonds. The Balaban J connectivity index is 5.88. The minimum atomic E-state index is -7.32. The lowest BCUT2D eigenvalue weighted by molar-refractivity contribution is -0.528. The van der Waals surface area contributed by atoms with Gasteiger partial charge in [-0.1, -0.05) is 0 Å². The van der Waals surface area contributed by atoms with Gasteiger partial charge in [0.2, 0.25) is 0 Å². The molecule has 0 rings (SSSR count). The summed E-state index contributed by atoms with van der Waals surface area (Å²) in [5, 5.41) is 0. The Morgan fingerprint density at radius 3 is 1.35 bits per heavy atom. The molecular formula is C8H3F13O2. The highest BCUT2D eigenvalue weighted by molar-refractivity contribution is 4.91. The standard InChI is InChI=1S/C8H3F13O2/c1-2(9)3(10)22-8(21,6(16,17)18)23-7(19,20)4(11,12)5(13,14)15/h1H3/b3-2-. The molecule has 2 nitrogen and oxygen atoms in total. The van der Waals surface area contributed by atoms with Crippen molar-refractivity contribution < 1.29 is 66.5 Å². The van der Waals surface area contributed by atoms with E-state index in [4.69, 9.17) is 0 Å². The summed E-state index contributed by atoms with van der Waals surface area (Å²) in [5.41, 5.74) is 0. The first-order valence-electron chi connectivity index (χ1n) is 4.77. The normalized spacial score (nSPS) is 18.3. The highest BCUT2D eigenvalue weighted by Crippen LogP contribution is 2.51. The number of alkyl halides is 11. The highest BCUT2D eigenvalue weighted by atomic mass is 19.4. The molecule has 0 aromatic rings. The molecule has 0 saturated heterocycles. The molecule has 0 radical (unpaired) electrons. The molecule has 0 aliphatic carbocycles. The summed E-state index contributed by atoms with van der Waals surface area (Å²) in [6.07, 6.45) is -21.3. The first-order chi connectivity index (χ1) is 9.78. The Morgan fingerprint density at radius 1 is 0.696 bits per heavy atom. The topological polar surface area (TPSA) is 18.5 Å². The SMILES string of the molecule is C/C(F)=C(\F)OC(F)(OC(F)(F)C(F)(F)C(F)(F)F)C(F)(F)F. The number of hydrogen-bond acceptors (Lipinski definition) is 2. The second-order valence-corrected chi connectivity index (χ2v) is 3.63. The van der Waals surface area contributed by atoms with E-state index in [-0.39, 0.29) is 6.92 Å². The maximum Gasteiger partial charge on any atom is 0.491 e. The van der Waals surface area contributed by atoms with Gasteiger partial charge in [-0.3, -0.25) is 0 Å². The smallest absolute Gasteiger partial charge is 0.401 e.